The molecular formula is C18H17F3N6O. The number of benzene rings is 1. The molecule has 10 heteroatoms. The molecule has 1 saturated heterocycles. The van der Waals surface area contributed by atoms with Gasteiger partial charge in [0.2, 0.25) is 5.91 Å². The lowest BCUT2D eigenvalue weighted by Crippen LogP contribution is -2.22. The molecule has 1 amide bonds. The second-order valence-corrected chi connectivity index (χ2v) is 6.52. The van der Waals surface area contributed by atoms with Crippen LogP contribution in [0, 0.1) is 0 Å². The monoisotopic (exact) mass is 390 g/mol. The van der Waals surface area contributed by atoms with Crippen LogP contribution in [0.2, 0.25) is 0 Å². The van der Waals surface area contributed by atoms with Crippen LogP contribution < -0.4 is 10.2 Å². The molecule has 1 aliphatic heterocycles. The summed E-state index contributed by atoms with van der Waals surface area (Å²) in [5, 5.41) is 7.22. The Hall–Kier alpha value is -3.17. The molecule has 2 aromatic heterocycles. The van der Waals surface area contributed by atoms with E-state index < -0.39 is 17.6 Å². The third-order valence-corrected chi connectivity index (χ3v) is 4.62. The van der Waals surface area contributed by atoms with Crippen molar-refractivity contribution in [2.45, 2.75) is 25.6 Å². The normalized spacial score (nSPS) is 14.6. The molecule has 3 heterocycles. The van der Waals surface area contributed by atoms with E-state index in [1.165, 1.54) is 29.2 Å². The van der Waals surface area contributed by atoms with Crippen LogP contribution in [0.15, 0.2) is 36.8 Å². The number of rotatable bonds is 4. The van der Waals surface area contributed by atoms with E-state index >= 15 is 0 Å². The van der Waals surface area contributed by atoms with Crippen LogP contribution in [0.5, 0.6) is 0 Å². The molecule has 0 atom stereocenters. The fraction of sp³-hybridized carbons (Fsp3) is 0.333. The predicted molar refractivity (Wildman–Crippen MR) is 96.8 cm³/mol. The molecule has 0 bridgehead atoms. The van der Waals surface area contributed by atoms with Gasteiger partial charge in [-0.1, -0.05) is 12.1 Å². The number of hydrogen-bond acceptors (Lipinski definition) is 5. The number of alkyl halides is 3. The number of aromatic nitrogens is 4. The summed E-state index contributed by atoms with van der Waals surface area (Å²) < 4.78 is 40.6. The van der Waals surface area contributed by atoms with Gasteiger partial charge in [0.25, 0.3) is 0 Å². The lowest BCUT2D eigenvalue weighted by molar-refractivity contribution is -0.137. The van der Waals surface area contributed by atoms with Gasteiger partial charge in [-0.15, -0.1) is 0 Å². The summed E-state index contributed by atoms with van der Waals surface area (Å²) in [4.78, 5) is 23.0. The Morgan fingerprint density at radius 3 is 2.64 bits per heavy atom. The second-order valence-electron chi connectivity index (χ2n) is 6.52. The molecule has 3 aromatic rings. The van der Waals surface area contributed by atoms with Crippen molar-refractivity contribution in [1.29, 1.82) is 0 Å². The Morgan fingerprint density at radius 2 is 1.89 bits per heavy atom. The zero-order valence-electron chi connectivity index (χ0n) is 14.8. The Kier molecular flexibility index (Phi) is 4.62. The van der Waals surface area contributed by atoms with Gasteiger partial charge in [0, 0.05) is 13.1 Å². The first-order valence-electron chi connectivity index (χ1n) is 8.81. The molecule has 0 aliphatic carbocycles. The van der Waals surface area contributed by atoms with Crippen LogP contribution in [0.3, 0.4) is 0 Å². The van der Waals surface area contributed by atoms with Crippen LogP contribution in [0.4, 0.5) is 24.7 Å². The van der Waals surface area contributed by atoms with Gasteiger partial charge >= 0.3 is 6.18 Å². The minimum absolute atomic E-state index is 0.258. The van der Waals surface area contributed by atoms with Gasteiger partial charge in [0.15, 0.2) is 5.65 Å². The minimum Gasteiger partial charge on any atom is -0.356 e. The molecule has 0 unspecified atom stereocenters. The van der Waals surface area contributed by atoms with Crippen molar-refractivity contribution < 1.29 is 18.0 Å². The third kappa shape index (κ3) is 3.49. The Bertz CT molecular complexity index is 1010. The summed E-state index contributed by atoms with van der Waals surface area (Å²) in [6.45, 7) is 1.53. The van der Waals surface area contributed by atoms with E-state index in [0.29, 0.717) is 11.0 Å². The quantitative estimate of drug-likeness (QED) is 0.741. The number of hydrogen-bond donors (Lipinski definition) is 1. The van der Waals surface area contributed by atoms with E-state index in [1.54, 1.807) is 6.20 Å². The summed E-state index contributed by atoms with van der Waals surface area (Å²) in [6, 6.07) is 4.85. The lowest BCUT2D eigenvalue weighted by Gasteiger charge is -2.16. The van der Waals surface area contributed by atoms with Crippen LogP contribution in [-0.4, -0.2) is 38.7 Å². The van der Waals surface area contributed by atoms with E-state index in [1.807, 2.05) is 0 Å². The van der Waals surface area contributed by atoms with Gasteiger partial charge in [-0.2, -0.15) is 18.3 Å². The number of anilines is 2. The van der Waals surface area contributed by atoms with Crippen molar-refractivity contribution >= 4 is 28.4 Å². The van der Waals surface area contributed by atoms with Crippen molar-refractivity contribution in [1.82, 2.24) is 19.7 Å². The van der Waals surface area contributed by atoms with E-state index in [4.69, 9.17) is 0 Å². The summed E-state index contributed by atoms with van der Waals surface area (Å²) >= 11 is 0. The fourth-order valence-electron chi connectivity index (χ4n) is 3.34. The number of nitrogens with one attached hydrogen (secondary N) is 1. The number of halogens is 3. The highest BCUT2D eigenvalue weighted by Crippen LogP contribution is 2.34. The Labute approximate surface area is 158 Å². The number of carbonyl (C=O) groups excluding carboxylic acids is 1. The van der Waals surface area contributed by atoms with Gasteiger partial charge in [-0.05, 0) is 25.0 Å². The first-order valence-corrected chi connectivity index (χ1v) is 8.81. The number of fused-ring (bicyclic) bond motifs is 1. The molecule has 0 spiro atoms. The molecule has 1 N–H and O–H groups in total. The molecule has 1 aromatic carbocycles. The summed E-state index contributed by atoms with van der Waals surface area (Å²) in [5.41, 5.74) is -0.715. The maximum atomic E-state index is 13.1. The van der Waals surface area contributed by atoms with E-state index in [9.17, 15) is 18.0 Å². The van der Waals surface area contributed by atoms with Crippen LogP contribution in [0.25, 0.3) is 11.0 Å². The molecule has 7 nitrogen and oxygen atoms in total. The predicted octanol–water partition coefficient (Wildman–Crippen LogP) is 3.08. The molecule has 1 aliphatic rings. The van der Waals surface area contributed by atoms with E-state index in [0.717, 1.165) is 37.8 Å². The highest BCUT2D eigenvalue weighted by molar-refractivity contribution is 5.93. The molecule has 1 fully saturated rings. The molecular weight excluding hydrogens is 373 g/mol. The average molecular weight is 390 g/mol. The zero-order valence-corrected chi connectivity index (χ0v) is 14.8. The Balaban J connectivity index is 1.56. The van der Waals surface area contributed by atoms with Gasteiger partial charge in [0.1, 0.15) is 18.7 Å². The van der Waals surface area contributed by atoms with Crippen LogP contribution in [0.1, 0.15) is 18.4 Å². The summed E-state index contributed by atoms with van der Waals surface area (Å²) in [5.74, 6) is 0.139. The zero-order chi connectivity index (χ0) is 19.7. The standard InChI is InChI=1S/C18H17F3N6O/c19-18(20,21)13-5-1-2-6-14(13)25-15(28)10-27-17-12(9-24-27)16(22-11-23-17)26-7-3-4-8-26/h1-2,5-6,9,11H,3-4,7-8,10H2,(H,25,28). The van der Waals surface area contributed by atoms with Crippen LogP contribution in [-0.2, 0) is 17.5 Å². The fourth-order valence-corrected chi connectivity index (χ4v) is 3.34. The highest BCUT2D eigenvalue weighted by atomic mass is 19.4. The first kappa shape index (κ1) is 18.2. The van der Waals surface area contributed by atoms with Crippen molar-refractivity contribution in [3.63, 3.8) is 0 Å². The van der Waals surface area contributed by atoms with E-state index in [2.05, 4.69) is 25.3 Å². The number of amides is 1. The van der Waals surface area contributed by atoms with Crippen LogP contribution >= 0.6 is 0 Å². The maximum absolute atomic E-state index is 13.1. The van der Waals surface area contributed by atoms with Crippen molar-refractivity contribution in [3.05, 3.63) is 42.4 Å². The molecule has 4 rings (SSSR count). The highest BCUT2D eigenvalue weighted by Gasteiger charge is 2.33. The van der Waals surface area contributed by atoms with Crippen molar-refractivity contribution in [2.24, 2.45) is 0 Å². The number of nitrogens with zero attached hydrogens (tertiary/aromatic N) is 5. The molecule has 0 radical (unpaired) electrons. The first-order chi connectivity index (χ1) is 13.4. The molecule has 146 valence electrons. The average Bonchev–Trinajstić information content (AvgIpc) is 3.31. The van der Waals surface area contributed by atoms with Crippen molar-refractivity contribution in [3.8, 4) is 0 Å². The smallest absolute Gasteiger partial charge is 0.356 e. The third-order valence-electron chi connectivity index (χ3n) is 4.62. The van der Waals surface area contributed by atoms with Gasteiger partial charge in [0.05, 0.1) is 22.8 Å². The van der Waals surface area contributed by atoms with Crippen molar-refractivity contribution in [2.75, 3.05) is 23.3 Å². The topological polar surface area (TPSA) is 75.9 Å². The van der Waals surface area contributed by atoms with Gasteiger partial charge < -0.3 is 10.2 Å². The molecule has 28 heavy (non-hydrogen) atoms. The SMILES string of the molecule is O=C(Cn1ncc2c(N3CCCC3)ncnc21)Nc1ccccc1C(F)(F)F. The number of carbonyl (C=O) groups is 1. The van der Waals surface area contributed by atoms with Gasteiger partial charge in [-0.25, -0.2) is 14.6 Å². The summed E-state index contributed by atoms with van der Waals surface area (Å²) in [7, 11) is 0. The largest absolute Gasteiger partial charge is 0.418 e. The summed E-state index contributed by atoms with van der Waals surface area (Å²) in [6.07, 6.45) is 0.604. The van der Waals surface area contributed by atoms with Gasteiger partial charge in [-0.3, -0.25) is 4.79 Å². The minimum atomic E-state index is -4.56. The molecule has 0 saturated carbocycles. The van der Waals surface area contributed by atoms with E-state index in [-0.39, 0.29) is 12.2 Å². The maximum Gasteiger partial charge on any atom is 0.418 e. The second kappa shape index (κ2) is 7.10. The Morgan fingerprint density at radius 1 is 1.14 bits per heavy atom. The number of para-hydroxylation sites is 1. The lowest BCUT2D eigenvalue weighted by atomic mass is 10.1.